The molecular weight excluding hydrogens is 251 g/mol. The Labute approximate surface area is 100 Å². The molecule has 0 rings (SSSR count). The van der Waals surface area contributed by atoms with Crippen molar-refractivity contribution in [2.75, 3.05) is 0 Å². The summed E-state index contributed by atoms with van der Waals surface area (Å²) in [5.41, 5.74) is 0. The van der Waals surface area contributed by atoms with Crippen LogP contribution in [-0.4, -0.2) is 35.9 Å². The van der Waals surface area contributed by atoms with Gasteiger partial charge in [0, 0.05) is 13.8 Å². The Bertz CT molecular complexity index is 338. The monoisotopic (exact) mass is 264 g/mol. The van der Waals surface area contributed by atoms with Crippen LogP contribution in [0.4, 0.5) is 0 Å². The summed E-state index contributed by atoms with van der Waals surface area (Å²) < 4.78 is 13.5. The van der Waals surface area contributed by atoms with Gasteiger partial charge in [-0.15, -0.1) is 0 Å². The second kappa shape index (κ2) is 6.96. The molecule has 0 saturated carbocycles. The fourth-order valence-electron chi connectivity index (χ4n) is 1.02. The molecule has 0 amide bonds. The third-order valence-electron chi connectivity index (χ3n) is 1.61. The Morgan fingerprint density at radius 3 is 1.59 bits per heavy atom. The molecule has 0 aliphatic rings. The van der Waals surface area contributed by atoms with Crippen molar-refractivity contribution in [2.45, 2.75) is 33.0 Å². The van der Waals surface area contributed by atoms with Crippen molar-refractivity contribution < 1.29 is 33.2 Å². The van der Waals surface area contributed by atoms with Gasteiger partial charge >= 0.3 is 17.9 Å². The molecule has 0 bridgehead atoms. The highest BCUT2D eigenvalue weighted by Crippen LogP contribution is 2.11. The molecule has 0 saturated heterocycles. The van der Waals surface area contributed by atoms with E-state index in [2.05, 4.69) is 14.0 Å². The largest absolute Gasteiger partial charge is 0.450 e. The standard InChI is InChI=1S/C9H13O7P/c1-4(10)7(14-5(2)11)8(9(13)16-17)15-6(3)12/h7-8H,17H2,1-3H3/t7-,8+/m1/s1. The molecule has 0 aromatic rings. The summed E-state index contributed by atoms with van der Waals surface area (Å²) in [6.07, 6.45) is -3.11. The third kappa shape index (κ3) is 5.40. The molecule has 7 nitrogen and oxygen atoms in total. The average Bonchev–Trinajstić information content (AvgIpc) is 2.21. The second-order valence-corrected chi connectivity index (χ2v) is 3.34. The summed E-state index contributed by atoms with van der Waals surface area (Å²) in [5.74, 6) is -3.23. The molecule has 0 fully saturated rings. The number of ketones is 1. The van der Waals surface area contributed by atoms with Crippen LogP contribution in [0.3, 0.4) is 0 Å². The highest BCUT2D eigenvalue weighted by atomic mass is 31.0. The van der Waals surface area contributed by atoms with Crippen LogP contribution in [0.25, 0.3) is 0 Å². The van der Waals surface area contributed by atoms with Gasteiger partial charge in [-0.2, -0.15) is 0 Å². The fourth-order valence-corrected chi connectivity index (χ4v) is 1.15. The average molecular weight is 264 g/mol. The molecule has 0 heterocycles. The van der Waals surface area contributed by atoms with Crippen LogP contribution in [0, 0.1) is 0 Å². The van der Waals surface area contributed by atoms with Gasteiger partial charge in [0.25, 0.3) is 0 Å². The van der Waals surface area contributed by atoms with E-state index in [4.69, 9.17) is 0 Å². The molecule has 0 aliphatic carbocycles. The van der Waals surface area contributed by atoms with E-state index in [1.165, 1.54) is 0 Å². The predicted molar refractivity (Wildman–Crippen MR) is 57.6 cm³/mol. The highest BCUT2D eigenvalue weighted by molar-refractivity contribution is 7.10. The Kier molecular flexibility index (Phi) is 6.35. The number of carbonyl (C=O) groups is 4. The van der Waals surface area contributed by atoms with Crippen molar-refractivity contribution in [2.24, 2.45) is 0 Å². The Hall–Kier alpha value is -1.49. The molecule has 0 aromatic carbocycles. The van der Waals surface area contributed by atoms with Gasteiger partial charge in [-0.25, -0.2) is 4.79 Å². The van der Waals surface area contributed by atoms with Crippen molar-refractivity contribution in [3.63, 3.8) is 0 Å². The van der Waals surface area contributed by atoms with Gasteiger partial charge in [0.1, 0.15) is 0 Å². The van der Waals surface area contributed by atoms with Gasteiger partial charge < -0.3 is 14.0 Å². The van der Waals surface area contributed by atoms with Crippen molar-refractivity contribution in [1.82, 2.24) is 0 Å². The maximum absolute atomic E-state index is 11.3. The highest BCUT2D eigenvalue weighted by Gasteiger charge is 2.38. The summed E-state index contributed by atoms with van der Waals surface area (Å²) in [4.78, 5) is 44.1. The van der Waals surface area contributed by atoms with E-state index in [1.54, 1.807) is 9.47 Å². The fraction of sp³-hybridized carbons (Fsp3) is 0.556. The zero-order chi connectivity index (χ0) is 13.6. The minimum Gasteiger partial charge on any atom is -0.450 e. The van der Waals surface area contributed by atoms with E-state index < -0.39 is 35.9 Å². The summed E-state index contributed by atoms with van der Waals surface area (Å²) in [6, 6.07) is 0. The first-order chi connectivity index (χ1) is 7.79. The van der Waals surface area contributed by atoms with Crippen LogP contribution in [0.2, 0.25) is 0 Å². The molecular formula is C9H13O7P. The number of hydrogen-bond donors (Lipinski definition) is 0. The summed E-state index contributed by atoms with van der Waals surface area (Å²) in [5, 5.41) is 0. The van der Waals surface area contributed by atoms with Crippen LogP contribution in [0.15, 0.2) is 0 Å². The Balaban J connectivity index is 5.05. The predicted octanol–water partition coefficient (Wildman–Crippen LogP) is -0.228. The lowest BCUT2D eigenvalue weighted by atomic mass is 10.1. The van der Waals surface area contributed by atoms with Crippen molar-refractivity contribution in [1.29, 1.82) is 0 Å². The molecule has 0 aliphatic heterocycles. The van der Waals surface area contributed by atoms with Gasteiger partial charge in [0.15, 0.2) is 5.78 Å². The number of hydrogen-bond acceptors (Lipinski definition) is 7. The van der Waals surface area contributed by atoms with E-state index in [9.17, 15) is 19.2 Å². The minimum atomic E-state index is -1.61. The van der Waals surface area contributed by atoms with Gasteiger partial charge in [0.05, 0.1) is 9.47 Å². The quantitative estimate of drug-likeness (QED) is 0.500. The first-order valence-corrected chi connectivity index (χ1v) is 5.02. The van der Waals surface area contributed by atoms with E-state index in [1.807, 2.05) is 0 Å². The maximum atomic E-state index is 11.3. The summed E-state index contributed by atoms with van der Waals surface area (Å²) in [7, 11) is 1.65. The first kappa shape index (κ1) is 15.5. The minimum absolute atomic E-state index is 0.637. The number of carbonyl (C=O) groups excluding carboxylic acids is 4. The molecule has 0 radical (unpaired) electrons. The van der Waals surface area contributed by atoms with Crippen LogP contribution in [0.5, 0.6) is 0 Å². The van der Waals surface area contributed by atoms with E-state index in [0.717, 1.165) is 20.8 Å². The van der Waals surface area contributed by atoms with Crippen LogP contribution in [0.1, 0.15) is 20.8 Å². The van der Waals surface area contributed by atoms with E-state index in [0.29, 0.717) is 0 Å². The lowest BCUT2D eigenvalue weighted by molar-refractivity contribution is -0.178. The lowest BCUT2D eigenvalue weighted by Crippen LogP contribution is -2.44. The van der Waals surface area contributed by atoms with E-state index >= 15 is 0 Å². The number of ether oxygens (including phenoxy) is 2. The zero-order valence-electron chi connectivity index (χ0n) is 9.59. The van der Waals surface area contributed by atoms with Gasteiger partial charge in [-0.3, -0.25) is 14.4 Å². The first-order valence-electron chi connectivity index (χ1n) is 4.55. The number of esters is 2. The van der Waals surface area contributed by atoms with Gasteiger partial charge in [-0.1, -0.05) is 0 Å². The smallest absolute Gasteiger partial charge is 0.354 e. The molecule has 17 heavy (non-hydrogen) atoms. The van der Waals surface area contributed by atoms with Crippen LogP contribution >= 0.6 is 9.47 Å². The molecule has 0 spiro atoms. The van der Waals surface area contributed by atoms with Crippen molar-refractivity contribution >= 4 is 33.2 Å². The van der Waals surface area contributed by atoms with Crippen molar-refractivity contribution in [3.8, 4) is 0 Å². The second-order valence-electron chi connectivity index (χ2n) is 3.11. The molecule has 96 valence electrons. The SMILES string of the molecule is CC(=O)O[C@H](C(C)=O)[C@H](OC(C)=O)C(=O)OP. The third-order valence-corrected chi connectivity index (χ3v) is 1.84. The molecule has 1 unspecified atom stereocenters. The van der Waals surface area contributed by atoms with Gasteiger partial charge in [0.2, 0.25) is 12.2 Å². The Morgan fingerprint density at radius 1 is 0.882 bits per heavy atom. The number of Topliss-reactive ketones (excluding diaryl/α,β-unsaturated/α-hetero) is 1. The normalized spacial score (nSPS) is 13.2. The molecule has 3 atom stereocenters. The summed E-state index contributed by atoms with van der Waals surface area (Å²) in [6.45, 7) is 3.21. The molecule has 0 aromatic heterocycles. The zero-order valence-corrected chi connectivity index (χ0v) is 10.7. The molecule has 0 N–H and O–H groups in total. The van der Waals surface area contributed by atoms with Crippen LogP contribution < -0.4 is 0 Å². The van der Waals surface area contributed by atoms with Crippen molar-refractivity contribution in [3.05, 3.63) is 0 Å². The molecule has 8 heteroatoms. The van der Waals surface area contributed by atoms with Gasteiger partial charge in [-0.05, 0) is 6.92 Å². The van der Waals surface area contributed by atoms with Crippen LogP contribution in [-0.2, 0) is 33.2 Å². The maximum Gasteiger partial charge on any atom is 0.354 e. The lowest BCUT2D eigenvalue weighted by Gasteiger charge is -2.21. The topological polar surface area (TPSA) is 96.0 Å². The van der Waals surface area contributed by atoms with E-state index in [-0.39, 0.29) is 0 Å². The Morgan fingerprint density at radius 2 is 1.29 bits per heavy atom. The number of rotatable bonds is 5. The summed E-state index contributed by atoms with van der Waals surface area (Å²) >= 11 is 0.